The molecular weight excluding hydrogens is 300 g/mol. The molecule has 0 bridgehead atoms. The summed E-state index contributed by atoms with van der Waals surface area (Å²) in [6.45, 7) is 5.51. The molecular formula is C19H24N4O. The second-order valence-electron chi connectivity index (χ2n) is 6.41. The zero-order valence-corrected chi connectivity index (χ0v) is 14.3. The molecule has 1 N–H and O–H groups in total. The Labute approximate surface area is 143 Å². The third kappa shape index (κ3) is 4.10. The van der Waals surface area contributed by atoms with Crippen molar-refractivity contribution in [2.45, 2.75) is 39.2 Å². The SMILES string of the molecule is Cc1ccc(CC(=O)N2CCC[C@@H]2CNc2cccc(C)n2)cn1. The molecule has 1 fully saturated rings. The first-order valence-electron chi connectivity index (χ1n) is 8.50. The molecule has 3 rings (SSSR count). The van der Waals surface area contributed by atoms with Gasteiger partial charge >= 0.3 is 0 Å². The molecule has 2 aromatic heterocycles. The summed E-state index contributed by atoms with van der Waals surface area (Å²) in [4.78, 5) is 23.4. The Bertz CT molecular complexity index is 699. The number of amides is 1. The number of carbonyl (C=O) groups excluding carboxylic acids is 1. The number of anilines is 1. The lowest BCUT2D eigenvalue weighted by Gasteiger charge is -2.25. The van der Waals surface area contributed by atoms with Crippen LogP contribution in [0.2, 0.25) is 0 Å². The Morgan fingerprint density at radius 3 is 2.88 bits per heavy atom. The lowest BCUT2D eigenvalue weighted by atomic mass is 10.1. The van der Waals surface area contributed by atoms with Crippen LogP contribution in [0, 0.1) is 13.8 Å². The van der Waals surface area contributed by atoms with Crippen LogP contribution in [0.3, 0.4) is 0 Å². The summed E-state index contributed by atoms with van der Waals surface area (Å²) in [5.41, 5.74) is 2.94. The summed E-state index contributed by atoms with van der Waals surface area (Å²) < 4.78 is 0. The van der Waals surface area contributed by atoms with Crippen molar-refractivity contribution in [2.24, 2.45) is 0 Å². The highest BCUT2D eigenvalue weighted by Gasteiger charge is 2.28. The summed E-state index contributed by atoms with van der Waals surface area (Å²) >= 11 is 0. The second-order valence-corrected chi connectivity index (χ2v) is 6.41. The Morgan fingerprint density at radius 1 is 1.25 bits per heavy atom. The van der Waals surface area contributed by atoms with Crippen LogP contribution in [0.4, 0.5) is 5.82 Å². The van der Waals surface area contributed by atoms with Crippen molar-refractivity contribution in [2.75, 3.05) is 18.4 Å². The Morgan fingerprint density at radius 2 is 2.12 bits per heavy atom. The minimum Gasteiger partial charge on any atom is -0.368 e. The Balaban J connectivity index is 1.58. The topological polar surface area (TPSA) is 58.1 Å². The molecule has 0 radical (unpaired) electrons. The van der Waals surface area contributed by atoms with E-state index in [4.69, 9.17) is 0 Å². The van der Waals surface area contributed by atoms with E-state index in [0.717, 1.165) is 48.7 Å². The maximum absolute atomic E-state index is 12.6. The fourth-order valence-corrected chi connectivity index (χ4v) is 3.12. The summed E-state index contributed by atoms with van der Waals surface area (Å²) in [5.74, 6) is 1.05. The van der Waals surface area contributed by atoms with E-state index >= 15 is 0 Å². The van der Waals surface area contributed by atoms with Gasteiger partial charge in [0.15, 0.2) is 0 Å². The minimum atomic E-state index is 0.183. The van der Waals surface area contributed by atoms with E-state index in [2.05, 4.69) is 15.3 Å². The van der Waals surface area contributed by atoms with Crippen molar-refractivity contribution in [1.82, 2.24) is 14.9 Å². The van der Waals surface area contributed by atoms with E-state index in [0.29, 0.717) is 6.42 Å². The summed E-state index contributed by atoms with van der Waals surface area (Å²) in [7, 11) is 0. The standard InChI is InChI=1S/C19H24N4O/c1-14-8-9-16(12-20-14)11-19(24)23-10-4-6-17(23)13-21-18-7-3-5-15(2)22-18/h3,5,7-9,12,17H,4,6,10-11,13H2,1-2H3,(H,21,22)/t17-/m1/s1. The molecule has 0 saturated carbocycles. The molecule has 0 aromatic carbocycles. The predicted octanol–water partition coefficient (Wildman–Crippen LogP) is 2.74. The molecule has 1 saturated heterocycles. The maximum atomic E-state index is 12.6. The van der Waals surface area contributed by atoms with Gasteiger partial charge in [0.1, 0.15) is 5.82 Å². The molecule has 126 valence electrons. The fraction of sp³-hybridized carbons (Fsp3) is 0.421. The first-order valence-corrected chi connectivity index (χ1v) is 8.50. The van der Waals surface area contributed by atoms with Crippen molar-refractivity contribution in [3.63, 3.8) is 0 Å². The Kier molecular flexibility index (Phi) is 5.08. The minimum absolute atomic E-state index is 0.183. The normalized spacial score (nSPS) is 17.1. The third-order valence-corrected chi connectivity index (χ3v) is 4.43. The zero-order chi connectivity index (χ0) is 16.9. The fourth-order valence-electron chi connectivity index (χ4n) is 3.12. The van der Waals surface area contributed by atoms with Gasteiger partial charge in [0, 0.05) is 36.7 Å². The third-order valence-electron chi connectivity index (χ3n) is 4.43. The van der Waals surface area contributed by atoms with Gasteiger partial charge in [-0.15, -0.1) is 0 Å². The van der Waals surface area contributed by atoms with Crippen molar-refractivity contribution >= 4 is 11.7 Å². The second kappa shape index (κ2) is 7.43. The molecule has 1 aliphatic heterocycles. The van der Waals surface area contributed by atoms with E-state index in [1.54, 1.807) is 6.20 Å². The van der Waals surface area contributed by atoms with Crippen LogP contribution in [0.15, 0.2) is 36.5 Å². The van der Waals surface area contributed by atoms with E-state index in [1.807, 2.05) is 49.1 Å². The van der Waals surface area contributed by atoms with E-state index in [9.17, 15) is 4.79 Å². The Hall–Kier alpha value is -2.43. The van der Waals surface area contributed by atoms with Crippen molar-refractivity contribution in [3.05, 3.63) is 53.5 Å². The first kappa shape index (κ1) is 16.4. The number of pyridine rings is 2. The van der Waals surface area contributed by atoms with Gasteiger partial charge < -0.3 is 10.2 Å². The summed E-state index contributed by atoms with van der Waals surface area (Å²) in [6.07, 6.45) is 4.32. The van der Waals surface area contributed by atoms with E-state index in [1.165, 1.54) is 0 Å². The van der Waals surface area contributed by atoms with E-state index < -0.39 is 0 Å². The average Bonchev–Trinajstić information content (AvgIpc) is 3.04. The number of nitrogens with one attached hydrogen (secondary N) is 1. The van der Waals surface area contributed by atoms with Crippen LogP contribution in [-0.2, 0) is 11.2 Å². The van der Waals surface area contributed by atoms with Crippen LogP contribution >= 0.6 is 0 Å². The molecule has 1 amide bonds. The van der Waals surface area contributed by atoms with Crippen molar-refractivity contribution < 1.29 is 4.79 Å². The molecule has 3 heterocycles. The largest absolute Gasteiger partial charge is 0.368 e. The predicted molar refractivity (Wildman–Crippen MR) is 94.9 cm³/mol. The summed E-state index contributed by atoms with van der Waals surface area (Å²) in [6, 6.07) is 10.1. The molecule has 0 aliphatic carbocycles. The monoisotopic (exact) mass is 324 g/mol. The highest BCUT2D eigenvalue weighted by molar-refractivity contribution is 5.79. The van der Waals surface area contributed by atoms with E-state index in [-0.39, 0.29) is 11.9 Å². The molecule has 1 aliphatic rings. The van der Waals surface area contributed by atoms with Gasteiger partial charge in [-0.1, -0.05) is 12.1 Å². The highest BCUT2D eigenvalue weighted by atomic mass is 16.2. The number of aromatic nitrogens is 2. The molecule has 1 atom stereocenters. The number of nitrogens with zero attached hydrogens (tertiary/aromatic N) is 3. The number of rotatable bonds is 5. The van der Waals surface area contributed by atoms with Crippen LogP contribution in [0.1, 0.15) is 29.8 Å². The van der Waals surface area contributed by atoms with Crippen LogP contribution in [0.25, 0.3) is 0 Å². The van der Waals surface area contributed by atoms with Crippen molar-refractivity contribution in [1.29, 1.82) is 0 Å². The number of carbonyl (C=O) groups is 1. The molecule has 0 unspecified atom stereocenters. The number of hydrogen-bond donors (Lipinski definition) is 1. The average molecular weight is 324 g/mol. The van der Waals surface area contributed by atoms with Crippen molar-refractivity contribution in [3.8, 4) is 0 Å². The molecule has 0 spiro atoms. The number of aryl methyl sites for hydroxylation is 2. The van der Waals surface area contributed by atoms with Crippen LogP contribution in [-0.4, -0.2) is 39.9 Å². The zero-order valence-electron chi connectivity index (χ0n) is 14.3. The lowest BCUT2D eigenvalue weighted by molar-refractivity contribution is -0.131. The van der Waals surface area contributed by atoms with Crippen LogP contribution < -0.4 is 5.32 Å². The summed E-state index contributed by atoms with van der Waals surface area (Å²) in [5, 5.41) is 3.37. The number of likely N-dealkylation sites (tertiary alicyclic amines) is 1. The van der Waals surface area contributed by atoms with Gasteiger partial charge in [0.25, 0.3) is 0 Å². The van der Waals surface area contributed by atoms with Gasteiger partial charge in [-0.3, -0.25) is 9.78 Å². The smallest absolute Gasteiger partial charge is 0.227 e. The molecule has 24 heavy (non-hydrogen) atoms. The van der Waals surface area contributed by atoms with Gasteiger partial charge in [-0.25, -0.2) is 4.98 Å². The molecule has 5 heteroatoms. The lowest BCUT2D eigenvalue weighted by Crippen LogP contribution is -2.40. The van der Waals surface area contributed by atoms with Crippen LogP contribution in [0.5, 0.6) is 0 Å². The quantitative estimate of drug-likeness (QED) is 0.919. The highest BCUT2D eigenvalue weighted by Crippen LogP contribution is 2.19. The van der Waals surface area contributed by atoms with Gasteiger partial charge in [-0.05, 0) is 50.5 Å². The maximum Gasteiger partial charge on any atom is 0.227 e. The number of hydrogen-bond acceptors (Lipinski definition) is 4. The molecule has 5 nitrogen and oxygen atoms in total. The first-order chi connectivity index (χ1) is 11.6. The van der Waals surface area contributed by atoms with Gasteiger partial charge in [-0.2, -0.15) is 0 Å². The van der Waals surface area contributed by atoms with Gasteiger partial charge in [0.05, 0.1) is 6.42 Å². The van der Waals surface area contributed by atoms with Gasteiger partial charge in [0.2, 0.25) is 5.91 Å². The molecule has 2 aromatic rings.